The standard InChI is InChI=1S/C15H15F5O/c16-12-5-9(6-13(17)8-12)7-14(21)10-1-3-11(4-2-10)15(18,19)20/h5-6,8,10-11H,1-4,7H2. The molecule has 116 valence electrons. The number of hydrogen-bond donors (Lipinski definition) is 0. The molecule has 1 nitrogen and oxygen atoms in total. The van der Waals surface area contributed by atoms with Crippen molar-refractivity contribution in [3.05, 3.63) is 35.4 Å². The summed E-state index contributed by atoms with van der Waals surface area (Å²) >= 11 is 0. The van der Waals surface area contributed by atoms with E-state index in [0.717, 1.165) is 12.1 Å². The van der Waals surface area contributed by atoms with Gasteiger partial charge >= 0.3 is 6.18 Å². The van der Waals surface area contributed by atoms with E-state index in [9.17, 15) is 26.7 Å². The summed E-state index contributed by atoms with van der Waals surface area (Å²) in [7, 11) is 0. The van der Waals surface area contributed by atoms with Gasteiger partial charge in [-0.25, -0.2) is 8.78 Å². The normalized spacial score (nSPS) is 23.1. The first-order chi connectivity index (χ1) is 9.75. The number of Topliss-reactive ketones (excluding diaryl/α,β-unsaturated/α-hetero) is 1. The third-order valence-corrected chi connectivity index (χ3v) is 3.95. The number of halogens is 5. The summed E-state index contributed by atoms with van der Waals surface area (Å²) < 4.78 is 63.7. The molecule has 1 aromatic carbocycles. The number of carbonyl (C=O) groups is 1. The minimum atomic E-state index is -4.21. The Kier molecular flexibility index (Phi) is 4.64. The largest absolute Gasteiger partial charge is 0.391 e. The third-order valence-electron chi connectivity index (χ3n) is 3.95. The van der Waals surface area contributed by atoms with Crippen molar-refractivity contribution in [2.75, 3.05) is 0 Å². The molecular weight excluding hydrogens is 291 g/mol. The number of benzene rings is 1. The van der Waals surface area contributed by atoms with Crippen molar-refractivity contribution in [2.45, 2.75) is 38.3 Å². The van der Waals surface area contributed by atoms with Crippen molar-refractivity contribution in [3.63, 3.8) is 0 Å². The van der Waals surface area contributed by atoms with Crippen LogP contribution in [0.3, 0.4) is 0 Å². The first-order valence-electron chi connectivity index (χ1n) is 6.80. The van der Waals surface area contributed by atoms with Gasteiger partial charge in [0.05, 0.1) is 5.92 Å². The molecule has 0 amide bonds. The second-order valence-electron chi connectivity index (χ2n) is 5.51. The molecule has 0 aromatic heterocycles. The van der Waals surface area contributed by atoms with Crippen LogP contribution in [0.4, 0.5) is 22.0 Å². The van der Waals surface area contributed by atoms with Crippen molar-refractivity contribution in [3.8, 4) is 0 Å². The SMILES string of the molecule is O=C(Cc1cc(F)cc(F)c1)C1CCC(C(F)(F)F)CC1. The third kappa shape index (κ3) is 4.25. The van der Waals surface area contributed by atoms with Gasteiger partial charge in [-0.15, -0.1) is 0 Å². The molecule has 21 heavy (non-hydrogen) atoms. The zero-order valence-corrected chi connectivity index (χ0v) is 11.2. The number of rotatable bonds is 3. The maximum atomic E-state index is 13.0. The average molecular weight is 306 g/mol. The van der Waals surface area contributed by atoms with Gasteiger partial charge in [-0.2, -0.15) is 13.2 Å². The maximum Gasteiger partial charge on any atom is 0.391 e. The molecular formula is C15H15F5O. The van der Waals surface area contributed by atoms with Crippen LogP contribution in [-0.4, -0.2) is 12.0 Å². The van der Waals surface area contributed by atoms with Crippen LogP contribution in [0.2, 0.25) is 0 Å². The van der Waals surface area contributed by atoms with Crippen LogP contribution in [0, 0.1) is 23.5 Å². The van der Waals surface area contributed by atoms with E-state index in [4.69, 9.17) is 0 Å². The lowest BCUT2D eigenvalue weighted by molar-refractivity contribution is -0.184. The van der Waals surface area contributed by atoms with Crippen LogP contribution in [0.25, 0.3) is 0 Å². The van der Waals surface area contributed by atoms with E-state index in [1.165, 1.54) is 0 Å². The topological polar surface area (TPSA) is 17.1 Å². The van der Waals surface area contributed by atoms with Crippen molar-refractivity contribution >= 4 is 5.78 Å². The molecule has 0 atom stereocenters. The van der Waals surface area contributed by atoms with E-state index in [1.54, 1.807) is 0 Å². The average Bonchev–Trinajstić information content (AvgIpc) is 2.36. The maximum absolute atomic E-state index is 13.0. The lowest BCUT2D eigenvalue weighted by Crippen LogP contribution is -2.30. The highest BCUT2D eigenvalue weighted by Crippen LogP contribution is 2.39. The van der Waals surface area contributed by atoms with E-state index < -0.39 is 29.6 Å². The van der Waals surface area contributed by atoms with Crippen LogP contribution < -0.4 is 0 Å². The fraction of sp³-hybridized carbons (Fsp3) is 0.533. The van der Waals surface area contributed by atoms with Crippen LogP contribution in [0.15, 0.2) is 18.2 Å². The van der Waals surface area contributed by atoms with Crippen molar-refractivity contribution in [1.82, 2.24) is 0 Å². The summed E-state index contributed by atoms with van der Waals surface area (Å²) in [5.41, 5.74) is 0.218. The first kappa shape index (κ1) is 15.9. The molecule has 1 aliphatic rings. The van der Waals surface area contributed by atoms with E-state index in [-0.39, 0.29) is 43.5 Å². The number of ketones is 1. The molecule has 6 heteroatoms. The van der Waals surface area contributed by atoms with Crippen LogP contribution in [0.5, 0.6) is 0 Å². The van der Waals surface area contributed by atoms with E-state index in [1.807, 2.05) is 0 Å². The number of carbonyl (C=O) groups excluding carboxylic acids is 1. The van der Waals surface area contributed by atoms with Crippen molar-refractivity contribution < 1.29 is 26.7 Å². The fourth-order valence-corrected chi connectivity index (χ4v) is 2.80. The summed E-state index contributed by atoms with van der Waals surface area (Å²) in [6.07, 6.45) is -4.10. The molecule has 0 heterocycles. The Labute approximate surface area is 119 Å². The van der Waals surface area contributed by atoms with Crippen molar-refractivity contribution in [2.24, 2.45) is 11.8 Å². The van der Waals surface area contributed by atoms with Gasteiger partial charge in [-0.1, -0.05) is 0 Å². The summed E-state index contributed by atoms with van der Waals surface area (Å²) in [6.45, 7) is 0. The van der Waals surface area contributed by atoms with E-state index >= 15 is 0 Å². The molecule has 1 saturated carbocycles. The first-order valence-corrected chi connectivity index (χ1v) is 6.80. The second kappa shape index (κ2) is 6.12. The smallest absolute Gasteiger partial charge is 0.299 e. The highest BCUT2D eigenvalue weighted by atomic mass is 19.4. The Balaban J connectivity index is 1.93. The summed E-state index contributed by atoms with van der Waals surface area (Å²) in [5.74, 6) is -3.57. The highest BCUT2D eigenvalue weighted by Gasteiger charge is 2.42. The van der Waals surface area contributed by atoms with Gasteiger partial charge in [0.2, 0.25) is 0 Å². The fourth-order valence-electron chi connectivity index (χ4n) is 2.80. The molecule has 0 bridgehead atoms. The Bertz CT molecular complexity index is 495. The van der Waals surface area contributed by atoms with Gasteiger partial charge in [0.25, 0.3) is 0 Å². The quantitative estimate of drug-likeness (QED) is 0.754. The molecule has 0 spiro atoms. The van der Waals surface area contributed by atoms with E-state index in [2.05, 4.69) is 0 Å². The van der Waals surface area contributed by atoms with Crippen LogP contribution in [-0.2, 0) is 11.2 Å². The molecule has 0 N–H and O–H groups in total. The summed E-state index contributed by atoms with van der Waals surface area (Å²) in [6, 6.07) is 2.85. The van der Waals surface area contributed by atoms with Crippen LogP contribution >= 0.6 is 0 Å². The minimum Gasteiger partial charge on any atom is -0.299 e. The predicted molar refractivity (Wildman–Crippen MR) is 66.6 cm³/mol. The van der Waals surface area contributed by atoms with E-state index in [0.29, 0.717) is 6.07 Å². The summed E-state index contributed by atoms with van der Waals surface area (Å²) in [4.78, 5) is 12.0. The molecule has 0 unspecified atom stereocenters. The predicted octanol–water partition coefficient (Wildman–Crippen LogP) is 4.45. The molecule has 0 saturated heterocycles. The highest BCUT2D eigenvalue weighted by molar-refractivity contribution is 5.83. The monoisotopic (exact) mass is 306 g/mol. The molecule has 2 rings (SSSR count). The van der Waals surface area contributed by atoms with Gasteiger partial charge in [0, 0.05) is 18.4 Å². The number of hydrogen-bond acceptors (Lipinski definition) is 1. The number of alkyl halides is 3. The van der Waals surface area contributed by atoms with Crippen molar-refractivity contribution in [1.29, 1.82) is 0 Å². The molecule has 1 aromatic rings. The second-order valence-corrected chi connectivity index (χ2v) is 5.51. The zero-order chi connectivity index (χ0) is 15.6. The zero-order valence-electron chi connectivity index (χ0n) is 11.2. The summed E-state index contributed by atoms with van der Waals surface area (Å²) in [5, 5.41) is 0. The lowest BCUT2D eigenvalue weighted by Gasteiger charge is -2.29. The van der Waals surface area contributed by atoms with Gasteiger partial charge in [0.15, 0.2) is 0 Å². The molecule has 0 radical (unpaired) electrons. The minimum absolute atomic E-state index is 0.0581. The lowest BCUT2D eigenvalue weighted by atomic mass is 9.78. The van der Waals surface area contributed by atoms with Crippen LogP contribution in [0.1, 0.15) is 31.2 Å². The Morgan fingerprint density at radius 3 is 2.00 bits per heavy atom. The molecule has 1 aliphatic carbocycles. The Morgan fingerprint density at radius 1 is 1.00 bits per heavy atom. The van der Waals surface area contributed by atoms with Gasteiger partial charge in [-0.3, -0.25) is 4.79 Å². The molecule has 1 fully saturated rings. The van der Waals surface area contributed by atoms with Gasteiger partial charge in [0.1, 0.15) is 17.4 Å². The van der Waals surface area contributed by atoms with Gasteiger partial charge < -0.3 is 0 Å². The van der Waals surface area contributed by atoms with Gasteiger partial charge in [-0.05, 0) is 43.4 Å². The Morgan fingerprint density at radius 2 is 1.52 bits per heavy atom. The Hall–Kier alpha value is -1.46. The molecule has 0 aliphatic heterocycles.